The van der Waals surface area contributed by atoms with Gasteiger partial charge in [-0.25, -0.2) is 9.59 Å². The second-order valence-corrected chi connectivity index (χ2v) is 5.55. The van der Waals surface area contributed by atoms with E-state index in [1.165, 1.54) is 48.5 Å². The highest BCUT2D eigenvalue weighted by Gasteiger charge is 2.15. The molecule has 0 spiro atoms. The lowest BCUT2D eigenvalue weighted by Gasteiger charge is -2.08. The number of hydrogen-bond donors (Lipinski definition) is 0. The largest absolute Gasteiger partial charge is 0.422 e. The van der Waals surface area contributed by atoms with E-state index in [9.17, 15) is 19.2 Å². The minimum absolute atomic E-state index is 0.0905. The Morgan fingerprint density at radius 2 is 0.929 bits per heavy atom. The van der Waals surface area contributed by atoms with Gasteiger partial charge in [-0.3, -0.25) is 9.59 Å². The van der Waals surface area contributed by atoms with E-state index in [2.05, 4.69) is 0 Å². The maximum atomic E-state index is 12.2. The zero-order valence-corrected chi connectivity index (χ0v) is 14.4. The molecule has 0 heterocycles. The Hall–Kier alpha value is -4.06. The van der Waals surface area contributed by atoms with Crippen LogP contribution >= 0.6 is 0 Å². The van der Waals surface area contributed by atoms with Crippen molar-refractivity contribution in [2.24, 2.45) is 0 Å². The minimum Gasteiger partial charge on any atom is -0.422 e. The van der Waals surface area contributed by atoms with E-state index < -0.39 is 11.9 Å². The van der Waals surface area contributed by atoms with Gasteiger partial charge in [0.15, 0.2) is 0 Å². The molecular weight excluding hydrogens is 360 g/mol. The number of esters is 2. The summed E-state index contributed by atoms with van der Waals surface area (Å²) in [6, 6.07) is 18.0. The first kappa shape index (κ1) is 18.7. The van der Waals surface area contributed by atoms with E-state index in [-0.39, 0.29) is 33.8 Å². The number of carbonyl (C=O) groups excluding carboxylic acids is 4. The van der Waals surface area contributed by atoms with Gasteiger partial charge in [0.25, 0.3) is 0 Å². The van der Waals surface area contributed by atoms with Crippen molar-refractivity contribution in [2.45, 2.75) is 0 Å². The molecule has 0 aliphatic carbocycles. The topological polar surface area (TPSA) is 86.7 Å². The number of ether oxygens (including phenoxy) is 2. The lowest BCUT2D eigenvalue weighted by Crippen LogP contribution is -2.12. The molecule has 0 aromatic heterocycles. The van der Waals surface area contributed by atoms with Crippen LogP contribution in [0.5, 0.6) is 11.5 Å². The highest BCUT2D eigenvalue weighted by atomic mass is 16.5. The zero-order valence-electron chi connectivity index (χ0n) is 14.4. The fraction of sp³-hybridized carbons (Fsp3) is 0. The molecule has 0 bridgehead atoms. The Morgan fingerprint density at radius 3 is 1.29 bits per heavy atom. The number of para-hydroxylation sites is 2. The van der Waals surface area contributed by atoms with Crippen LogP contribution in [0.15, 0.2) is 72.8 Å². The van der Waals surface area contributed by atoms with Gasteiger partial charge >= 0.3 is 11.9 Å². The van der Waals surface area contributed by atoms with Crippen molar-refractivity contribution in [1.29, 1.82) is 0 Å². The lowest BCUT2D eigenvalue weighted by atomic mass is 10.1. The second kappa shape index (κ2) is 8.55. The molecule has 0 aliphatic heterocycles. The summed E-state index contributed by atoms with van der Waals surface area (Å²) in [5.74, 6) is -1.20. The van der Waals surface area contributed by atoms with Gasteiger partial charge in [0.05, 0.1) is 22.3 Å². The van der Waals surface area contributed by atoms with Crippen molar-refractivity contribution in [2.75, 3.05) is 0 Å². The summed E-state index contributed by atoms with van der Waals surface area (Å²) in [6.07, 6.45) is 3.39. The molecule has 0 unspecified atom stereocenters. The van der Waals surface area contributed by atoms with Gasteiger partial charge in [-0.05, 0) is 48.5 Å². The van der Waals surface area contributed by atoms with Gasteiger partial charge in [0.1, 0.15) is 11.5 Å². The fourth-order valence-electron chi connectivity index (χ4n) is 2.34. The Labute approximate surface area is 160 Å². The molecule has 0 atom stereocenters. The third kappa shape index (κ3) is 4.19. The molecule has 0 amide bonds. The third-order valence-electron chi connectivity index (χ3n) is 3.76. The summed E-state index contributed by atoms with van der Waals surface area (Å²) < 4.78 is 10.4. The van der Waals surface area contributed by atoms with E-state index in [0.29, 0.717) is 0 Å². The first-order valence-electron chi connectivity index (χ1n) is 8.11. The first-order chi connectivity index (χ1) is 13.6. The highest BCUT2D eigenvalue weighted by molar-refractivity contribution is 5.96. The Bertz CT molecular complexity index is 952. The van der Waals surface area contributed by atoms with E-state index in [1.807, 2.05) is 0 Å². The van der Waals surface area contributed by atoms with Crippen LogP contribution < -0.4 is 9.47 Å². The second-order valence-electron chi connectivity index (χ2n) is 5.55. The van der Waals surface area contributed by atoms with Crippen molar-refractivity contribution >= 4 is 24.5 Å². The number of hydrogen-bond acceptors (Lipinski definition) is 6. The molecule has 136 valence electrons. The van der Waals surface area contributed by atoms with Crippen molar-refractivity contribution in [3.05, 3.63) is 95.1 Å². The molecule has 3 rings (SSSR count). The summed E-state index contributed by atoms with van der Waals surface area (Å²) in [4.78, 5) is 46.2. The fourth-order valence-corrected chi connectivity index (χ4v) is 2.34. The molecule has 0 N–H and O–H groups in total. The monoisotopic (exact) mass is 372 g/mol. The van der Waals surface area contributed by atoms with Gasteiger partial charge in [-0.1, -0.05) is 24.3 Å². The molecule has 6 heteroatoms. The van der Waals surface area contributed by atoms with Crippen LogP contribution in [0.1, 0.15) is 31.8 Å². The minimum atomic E-state index is -0.691. The smallest absolute Gasteiger partial charge is 0.343 e. The van der Waals surface area contributed by atoms with Crippen molar-refractivity contribution < 1.29 is 28.7 Å². The van der Waals surface area contributed by atoms with Gasteiger partial charge in [-0.15, -0.1) is 0 Å². The van der Waals surface area contributed by atoms with E-state index >= 15 is 0 Å². The average molecular weight is 372 g/mol. The summed E-state index contributed by atoms with van der Waals surface area (Å²) in [6.45, 7) is 0. The highest BCUT2D eigenvalue weighted by Crippen LogP contribution is 2.19. The molecule has 0 saturated carbocycles. The third-order valence-corrected chi connectivity index (χ3v) is 3.76. The maximum Gasteiger partial charge on any atom is 0.343 e. The Kier molecular flexibility index (Phi) is 5.72. The molecule has 0 aliphatic rings. The zero-order chi connectivity index (χ0) is 19.9. The van der Waals surface area contributed by atoms with Crippen LogP contribution in [0.2, 0.25) is 0 Å². The number of benzene rings is 3. The quantitative estimate of drug-likeness (QED) is 0.488. The number of rotatable bonds is 6. The molecule has 6 nitrogen and oxygen atoms in total. The van der Waals surface area contributed by atoms with Crippen LogP contribution in [-0.4, -0.2) is 24.5 Å². The predicted octanol–water partition coefficient (Wildman–Crippen LogP) is 3.04. The van der Waals surface area contributed by atoms with Crippen LogP contribution in [0.3, 0.4) is 0 Å². The summed E-state index contributed by atoms with van der Waals surface area (Å²) >= 11 is 0. The van der Waals surface area contributed by atoms with E-state index in [0.717, 1.165) is 0 Å². The van der Waals surface area contributed by atoms with Crippen molar-refractivity contribution in [1.82, 2.24) is 0 Å². The molecule has 2 radical (unpaired) electrons. The molecule has 3 aromatic carbocycles. The van der Waals surface area contributed by atoms with Crippen LogP contribution in [-0.2, 0) is 9.59 Å². The van der Waals surface area contributed by atoms with E-state index in [1.54, 1.807) is 36.8 Å². The summed E-state index contributed by atoms with van der Waals surface area (Å²) in [5, 5.41) is 0. The van der Waals surface area contributed by atoms with Crippen LogP contribution in [0.25, 0.3) is 0 Å². The Balaban J connectivity index is 1.72. The maximum absolute atomic E-state index is 12.2. The predicted molar refractivity (Wildman–Crippen MR) is 98.8 cm³/mol. The molecule has 28 heavy (non-hydrogen) atoms. The number of carbonyl (C=O) groups is 2. The van der Waals surface area contributed by atoms with Crippen molar-refractivity contribution in [3.63, 3.8) is 0 Å². The van der Waals surface area contributed by atoms with Gasteiger partial charge < -0.3 is 9.47 Å². The van der Waals surface area contributed by atoms with E-state index in [4.69, 9.17) is 9.47 Å². The van der Waals surface area contributed by atoms with Gasteiger partial charge in [0, 0.05) is 0 Å². The van der Waals surface area contributed by atoms with Crippen LogP contribution in [0.4, 0.5) is 0 Å². The Morgan fingerprint density at radius 1 is 0.571 bits per heavy atom. The molecular formula is C22H12O6. The standard InChI is InChI=1S/C22H12O6/c23-13-17-5-1-3-7-19(17)27-21(25)15-9-11-16(12-10-15)22(26)28-20-8-4-2-6-18(20)14-24/h1-12H. The first-order valence-corrected chi connectivity index (χ1v) is 8.11. The summed E-state index contributed by atoms with van der Waals surface area (Å²) in [5.41, 5.74) is 0.612. The molecule has 3 aromatic rings. The summed E-state index contributed by atoms with van der Waals surface area (Å²) in [7, 11) is 0. The SMILES string of the molecule is O=[C]c1ccccc1OC(=O)c1ccc(C(=O)Oc2ccccc2[C]=O)cc1. The van der Waals surface area contributed by atoms with Crippen LogP contribution in [0, 0.1) is 0 Å². The molecule has 0 fully saturated rings. The van der Waals surface area contributed by atoms with Gasteiger partial charge in [0.2, 0.25) is 12.6 Å². The average Bonchev–Trinajstić information content (AvgIpc) is 2.74. The van der Waals surface area contributed by atoms with Gasteiger partial charge in [-0.2, -0.15) is 0 Å². The lowest BCUT2D eigenvalue weighted by molar-refractivity contribution is 0.0720. The molecule has 0 saturated heterocycles. The normalized spacial score (nSPS) is 10.0. The van der Waals surface area contributed by atoms with Crippen molar-refractivity contribution in [3.8, 4) is 11.5 Å².